The van der Waals surface area contributed by atoms with Crippen LogP contribution in [0.4, 0.5) is 0 Å². The van der Waals surface area contributed by atoms with Crippen molar-refractivity contribution >= 4 is 11.8 Å². The summed E-state index contributed by atoms with van der Waals surface area (Å²) < 4.78 is 17.1. The summed E-state index contributed by atoms with van der Waals surface area (Å²) in [4.78, 5) is 27.4. The zero-order valence-electron chi connectivity index (χ0n) is 19.1. The Hall–Kier alpha value is -3.22. The van der Waals surface area contributed by atoms with Crippen LogP contribution >= 0.6 is 0 Å². The van der Waals surface area contributed by atoms with Crippen LogP contribution in [0.2, 0.25) is 0 Å². The molecule has 2 amide bonds. The maximum Gasteiger partial charge on any atom is 0.253 e. The Morgan fingerprint density at radius 3 is 2.09 bits per heavy atom. The molecule has 2 aromatic carbocycles. The van der Waals surface area contributed by atoms with Crippen molar-refractivity contribution in [1.29, 1.82) is 0 Å². The van der Waals surface area contributed by atoms with E-state index in [2.05, 4.69) is 5.32 Å². The molecule has 2 aromatic rings. The minimum Gasteiger partial charge on any atom is -0.490 e. The number of likely N-dealkylation sites (tertiary alicyclic amines) is 1. The van der Waals surface area contributed by atoms with Crippen LogP contribution in [-0.2, 0) is 6.54 Å². The van der Waals surface area contributed by atoms with E-state index in [1.807, 2.05) is 49.9 Å². The van der Waals surface area contributed by atoms with E-state index in [1.54, 1.807) is 12.1 Å². The third-order valence-corrected chi connectivity index (χ3v) is 5.19. The highest BCUT2D eigenvalue weighted by molar-refractivity contribution is 5.96. The van der Waals surface area contributed by atoms with Crippen molar-refractivity contribution in [3.63, 3.8) is 0 Å². The number of rotatable bonds is 10. The van der Waals surface area contributed by atoms with Gasteiger partial charge in [-0.25, -0.2) is 0 Å². The van der Waals surface area contributed by atoms with Gasteiger partial charge in [0.25, 0.3) is 11.8 Å². The quantitative estimate of drug-likeness (QED) is 0.603. The molecule has 1 aliphatic heterocycles. The molecule has 3 rings (SSSR count). The van der Waals surface area contributed by atoms with Gasteiger partial charge in [0.15, 0.2) is 11.5 Å². The van der Waals surface area contributed by atoms with Crippen molar-refractivity contribution in [3.05, 3.63) is 53.1 Å². The number of amides is 2. The van der Waals surface area contributed by atoms with E-state index in [4.69, 9.17) is 14.2 Å². The lowest BCUT2D eigenvalue weighted by Crippen LogP contribution is -2.28. The minimum atomic E-state index is -0.258. The molecule has 7 heteroatoms. The molecule has 0 aliphatic carbocycles. The number of nitrogens with one attached hydrogen (secondary N) is 1. The molecule has 0 spiro atoms. The van der Waals surface area contributed by atoms with Crippen LogP contribution in [0.15, 0.2) is 36.4 Å². The zero-order chi connectivity index (χ0) is 22.9. The molecule has 0 aromatic heterocycles. The van der Waals surface area contributed by atoms with Crippen LogP contribution in [0.1, 0.15) is 59.9 Å². The molecule has 0 radical (unpaired) electrons. The van der Waals surface area contributed by atoms with E-state index >= 15 is 0 Å². The van der Waals surface area contributed by atoms with E-state index in [0.29, 0.717) is 54.7 Å². The van der Waals surface area contributed by atoms with Gasteiger partial charge in [-0.2, -0.15) is 0 Å². The number of nitrogens with zero attached hydrogens (tertiary/aromatic N) is 1. The van der Waals surface area contributed by atoms with Gasteiger partial charge in [-0.05, 0) is 63.4 Å². The molecule has 172 valence electrons. The van der Waals surface area contributed by atoms with E-state index < -0.39 is 0 Å². The topological polar surface area (TPSA) is 77.1 Å². The standard InChI is InChI=1S/C25H32N2O5/c1-4-30-21-15-20(16-22(31-5-2)23(21)32-6-3)24(28)26-17-18-10-9-11-19(14-18)25(29)27-12-7-8-13-27/h9-11,14-16H,4-8,12-13,17H2,1-3H3,(H,26,28). The average molecular weight is 441 g/mol. The normalized spacial score (nSPS) is 13.0. The molecule has 0 atom stereocenters. The summed E-state index contributed by atoms with van der Waals surface area (Å²) in [5.74, 6) is 1.24. The maximum atomic E-state index is 12.9. The van der Waals surface area contributed by atoms with E-state index in [0.717, 1.165) is 31.5 Å². The first-order chi connectivity index (χ1) is 15.6. The molecule has 1 saturated heterocycles. The highest BCUT2D eigenvalue weighted by atomic mass is 16.5. The fourth-order valence-corrected chi connectivity index (χ4v) is 3.72. The number of carbonyl (C=O) groups is 2. The molecule has 0 unspecified atom stereocenters. The van der Waals surface area contributed by atoms with Gasteiger partial charge in [-0.15, -0.1) is 0 Å². The van der Waals surface area contributed by atoms with Crippen LogP contribution in [0.25, 0.3) is 0 Å². The first kappa shape index (κ1) is 23.4. The molecule has 32 heavy (non-hydrogen) atoms. The van der Waals surface area contributed by atoms with Crippen molar-refractivity contribution in [3.8, 4) is 17.2 Å². The predicted octanol–water partition coefficient (Wildman–Crippen LogP) is 4.05. The van der Waals surface area contributed by atoms with Crippen molar-refractivity contribution in [1.82, 2.24) is 10.2 Å². The van der Waals surface area contributed by atoms with Crippen LogP contribution in [0.3, 0.4) is 0 Å². The Bertz CT molecular complexity index is 911. The molecule has 1 N–H and O–H groups in total. The summed E-state index contributed by atoms with van der Waals surface area (Å²) in [6, 6.07) is 10.7. The molecule has 1 aliphatic rings. The highest BCUT2D eigenvalue weighted by Crippen LogP contribution is 2.39. The Labute approximate surface area is 189 Å². The molecule has 1 fully saturated rings. The maximum absolute atomic E-state index is 12.9. The second kappa shape index (κ2) is 11.4. The molecule has 0 bridgehead atoms. The number of benzene rings is 2. The third-order valence-electron chi connectivity index (χ3n) is 5.19. The van der Waals surface area contributed by atoms with Gasteiger partial charge >= 0.3 is 0 Å². The van der Waals surface area contributed by atoms with Crippen LogP contribution < -0.4 is 19.5 Å². The van der Waals surface area contributed by atoms with E-state index in [-0.39, 0.29) is 11.8 Å². The zero-order valence-corrected chi connectivity index (χ0v) is 19.1. The predicted molar refractivity (Wildman–Crippen MR) is 123 cm³/mol. The first-order valence-electron chi connectivity index (χ1n) is 11.3. The SMILES string of the molecule is CCOc1cc(C(=O)NCc2cccc(C(=O)N3CCCC3)c2)cc(OCC)c1OCC. The number of hydrogen-bond acceptors (Lipinski definition) is 5. The van der Waals surface area contributed by atoms with Crippen molar-refractivity contribution in [2.24, 2.45) is 0 Å². The smallest absolute Gasteiger partial charge is 0.253 e. The summed E-state index contributed by atoms with van der Waals surface area (Å²) in [6.07, 6.45) is 2.11. The molecule has 7 nitrogen and oxygen atoms in total. The molecule has 1 heterocycles. The summed E-state index contributed by atoms with van der Waals surface area (Å²) in [6.45, 7) is 8.89. The lowest BCUT2D eigenvalue weighted by Gasteiger charge is -2.17. The summed E-state index contributed by atoms with van der Waals surface area (Å²) in [5, 5.41) is 2.93. The lowest BCUT2D eigenvalue weighted by atomic mass is 10.1. The fourth-order valence-electron chi connectivity index (χ4n) is 3.72. The van der Waals surface area contributed by atoms with Gasteiger partial charge in [-0.1, -0.05) is 12.1 Å². The number of ether oxygens (including phenoxy) is 3. The van der Waals surface area contributed by atoms with Gasteiger partial charge in [0.1, 0.15) is 0 Å². The van der Waals surface area contributed by atoms with E-state index in [9.17, 15) is 9.59 Å². The number of carbonyl (C=O) groups excluding carboxylic acids is 2. The Morgan fingerprint density at radius 1 is 0.875 bits per heavy atom. The molecular formula is C25H32N2O5. The van der Waals surface area contributed by atoms with Gasteiger partial charge in [0.05, 0.1) is 19.8 Å². The Morgan fingerprint density at radius 2 is 1.50 bits per heavy atom. The lowest BCUT2D eigenvalue weighted by molar-refractivity contribution is 0.0792. The van der Waals surface area contributed by atoms with Crippen LogP contribution in [-0.4, -0.2) is 49.6 Å². The monoisotopic (exact) mass is 440 g/mol. The summed E-state index contributed by atoms with van der Waals surface area (Å²) in [7, 11) is 0. The van der Waals surface area contributed by atoms with Crippen molar-refractivity contribution in [2.45, 2.75) is 40.2 Å². The Kier molecular flexibility index (Phi) is 8.36. The fraction of sp³-hybridized carbons (Fsp3) is 0.440. The summed E-state index contributed by atoms with van der Waals surface area (Å²) >= 11 is 0. The molecule has 0 saturated carbocycles. The van der Waals surface area contributed by atoms with Gasteiger partial charge in [0, 0.05) is 30.8 Å². The summed E-state index contributed by atoms with van der Waals surface area (Å²) in [5.41, 5.74) is 1.94. The third kappa shape index (κ3) is 5.72. The van der Waals surface area contributed by atoms with Crippen LogP contribution in [0.5, 0.6) is 17.2 Å². The molecular weight excluding hydrogens is 408 g/mol. The second-order valence-corrected chi connectivity index (χ2v) is 7.48. The van der Waals surface area contributed by atoms with Crippen LogP contribution in [0, 0.1) is 0 Å². The minimum absolute atomic E-state index is 0.0462. The highest BCUT2D eigenvalue weighted by Gasteiger charge is 2.20. The number of hydrogen-bond donors (Lipinski definition) is 1. The van der Waals surface area contributed by atoms with Gasteiger partial charge in [0.2, 0.25) is 5.75 Å². The second-order valence-electron chi connectivity index (χ2n) is 7.48. The largest absolute Gasteiger partial charge is 0.490 e. The Balaban J connectivity index is 1.74. The van der Waals surface area contributed by atoms with Gasteiger partial charge < -0.3 is 24.4 Å². The van der Waals surface area contributed by atoms with Gasteiger partial charge in [-0.3, -0.25) is 9.59 Å². The average Bonchev–Trinajstić information content (AvgIpc) is 3.34. The van der Waals surface area contributed by atoms with Crippen molar-refractivity contribution < 1.29 is 23.8 Å². The van der Waals surface area contributed by atoms with Crippen molar-refractivity contribution in [2.75, 3.05) is 32.9 Å². The van der Waals surface area contributed by atoms with E-state index in [1.165, 1.54) is 0 Å². The first-order valence-corrected chi connectivity index (χ1v) is 11.3.